The number of amides is 1. The van der Waals surface area contributed by atoms with Crippen molar-refractivity contribution in [3.8, 4) is 5.75 Å². The van der Waals surface area contributed by atoms with Gasteiger partial charge in [-0.3, -0.25) is 14.5 Å². The molecule has 2 aliphatic heterocycles. The quantitative estimate of drug-likeness (QED) is 0.372. The van der Waals surface area contributed by atoms with Crippen LogP contribution in [0.2, 0.25) is 0 Å². The maximum absolute atomic E-state index is 13.1. The molecule has 0 radical (unpaired) electrons. The zero-order valence-corrected chi connectivity index (χ0v) is 19.4. The van der Waals surface area contributed by atoms with Gasteiger partial charge in [0.2, 0.25) is 0 Å². The Hall–Kier alpha value is -2.68. The minimum absolute atomic E-state index is 0.0864. The predicted octanol–water partition coefficient (Wildman–Crippen LogP) is 3.21. The predicted molar refractivity (Wildman–Crippen MR) is 123 cm³/mol. The lowest BCUT2D eigenvalue weighted by atomic mass is 9.95. The summed E-state index contributed by atoms with van der Waals surface area (Å²) in [5, 5.41) is 11.1. The Balaban J connectivity index is 1.75. The topological polar surface area (TPSA) is 79.3 Å². The average Bonchev–Trinajstić information content (AvgIpc) is 3.08. The van der Waals surface area contributed by atoms with Gasteiger partial charge in [-0.1, -0.05) is 40.2 Å². The van der Waals surface area contributed by atoms with E-state index in [9.17, 15) is 14.7 Å². The molecule has 2 heterocycles. The second-order valence-corrected chi connectivity index (χ2v) is 8.65. The first-order valence-electron chi connectivity index (χ1n) is 10.5. The minimum Gasteiger partial charge on any atom is -0.507 e. The Morgan fingerprint density at radius 2 is 1.88 bits per heavy atom. The zero-order chi connectivity index (χ0) is 22.7. The first-order valence-corrected chi connectivity index (χ1v) is 11.3. The minimum atomic E-state index is -0.683. The van der Waals surface area contributed by atoms with Crippen LogP contribution in [0.25, 0.3) is 5.76 Å². The van der Waals surface area contributed by atoms with Crippen LogP contribution in [0.5, 0.6) is 5.75 Å². The van der Waals surface area contributed by atoms with Gasteiger partial charge in [0.05, 0.1) is 31.9 Å². The number of carbonyl (C=O) groups excluding carboxylic acids is 2. The molecule has 0 spiro atoms. The van der Waals surface area contributed by atoms with Crippen molar-refractivity contribution in [3.05, 3.63) is 69.7 Å². The number of hydrogen-bond acceptors (Lipinski definition) is 6. The van der Waals surface area contributed by atoms with Gasteiger partial charge in [0.15, 0.2) is 0 Å². The maximum Gasteiger partial charge on any atom is 0.295 e. The molecule has 2 fully saturated rings. The van der Waals surface area contributed by atoms with Crippen LogP contribution in [0.3, 0.4) is 0 Å². The number of carbonyl (C=O) groups is 2. The number of Topliss-reactive ketones (excluding diaryl/α,β-unsaturated/α-hetero) is 1. The van der Waals surface area contributed by atoms with E-state index in [4.69, 9.17) is 9.47 Å². The number of aliphatic hydroxyl groups excluding tert-OH is 1. The van der Waals surface area contributed by atoms with Gasteiger partial charge in [-0.2, -0.15) is 0 Å². The molecule has 0 saturated carbocycles. The number of rotatable bonds is 6. The fourth-order valence-electron chi connectivity index (χ4n) is 4.13. The van der Waals surface area contributed by atoms with E-state index in [-0.39, 0.29) is 11.3 Å². The highest BCUT2D eigenvalue weighted by atomic mass is 79.9. The number of benzene rings is 2. The summed E-state index contributed by atoms with van der Waals surface area (Å²) in [5.74, 6) is -0.944. The molecule has 2 aromatic carbocycles. The Morgan fingerprint density at radius 1 is 1.12 bits per heavy atom. The number of morpholine rings is 1. The van der Waals surface area contributed by atoms with Gasteiger partial charge in [-0.15, -0.1) is 0 Å². The summed E-state index contributed by atoms with van der Waals surface area (Å²) in [4.78, 5) is 30.0. The van der Waals surface area contributed by atoms with Gasteiger partial charge < -0.3 is 19.5 Å². The van der Waals surface area contributed by atoms with Crippen LogP contribution >= 0.6 is 15.9 Å². The number of methoxy groups -OCH3 is 1. The fourth-order valence-corrected chi connectivity index (χ4v) is 4.55. The van der Waals surface area contributed by atoms with Crippen LogP contribution in [0.4, 0.5) is 0 Å². The van der Waals surface area contributed by atoms with Gasteiger partial charge in [-0.25, -0.2) is 0 Å². The molecule has 2 aliphatic rings. The lowest BCUT2D eigenvalue weighted by molar-refractivity contribution is -0.140. The molecule has 0 aromatic heterocycles. The SMILES string of the molecule is COc1cccc(C(O)=C2C(=O)C(=O)N(CCN3CCOCC3)C2c2cccc(Br)c2)c1. The molecule has 2 aromatic rings. The Bertz CT molecular complexity index is 1050. The van der Waals surface area contributed by atoms with E-state index in [1.807, 2.05) is 24.3 Å². The molecular weight excluding hydrogens is 476 g/mol. The largest absolute Gasteiger partial charge is 0.507 e. The first-order chi connectivity index (χ1) is 15.5. The molecule has 2 saturated heterocycles. The standard InChI is InChI=1S/C24H25BrN2O5/c1-31-19-7-3-5-17(15-19)22(28)20-21(16-4-2-6-18(25)14-16)27(24(30)23(20)29)9-8-26-10-12-32-13-11-26/h2-7,14-15,21,28H,8-13H2,1H3. The van der Waals surface area contributed by atoms with Crippen molar-refractivity contribution in [2.24, 2.45) is 0 Å². The van der Waals surface area contributed by atoms with E-state index in [1.165, 1.54) is 7.11 Å². The van der Waals surface area contributed by atoms with E-state index < -0.39 is 17.7 Å². The van der Waals surface area contributed by atoms with Crippen molar-refractivity contribution < 1.29 is 24.2 Å². The molecule has 1 unspecified atom stereocenters. The molecule has 168 valence electrons. The summed E-state index contributed by atoms with van der Waals surface area (Å²) >= 11 is 3.48. The zero-order valence-electron chi connectivity index (χ0n) is 17.8. The maximum atomic E-state index is 13.1. The molecule has 0 bridgehead atoms. The molecule has 8 heteroatoms. The average molecular weight is 501 g/mol. The molecule has 4 rings (SSSR count). The van der Waals surface area contributed by atoms with Gasteiger partial charge in [0.1, 0.15) is 11.5 Å². The monoisotopic (exact) mass is 500 g/mol. The number of likely N-dealkylation sites (tertiary alicyclic amines) is 1. The van der Waals surface area contributed by atoms with Crippen LogP contribution in [-0.2, 0) is 14.3 Å². The van der Waals surface area contributed by atoms with Gasteiger partial charge in [0, 0.05) is 36.2 Å². The molecule has 7 nitrogen and oxygen atoms in total. The fraction of sp³-hybridized carbons (Fsp3) is 0.333. The number of nitrogens with zero attached hydrogens (tertiary/aromatic N) is 2. The summed E-state index contributed by atoms with van der Waals surface area (Å²) in [6.45, 7) is 3.88. The van der Waals surface area contributed by atoms with E-state index in [0.29, 0.717) is 37.6 Å². The number of ketones is 1. The Kier molecular flexibility index (Phi) is 6.93. The highest BCUT2D eigenvalue weighted by molar-refractivity contribution is 9.10. The second kappa shape index (κ2) is 9.85. The summed E-state index contributed by atoms with van der Waals surface area (Å²) in [6.07, 6.45) is 0. The van der Waals surface area contributed by atoms with E-state index in [1.54, 1.807) is 29.2 Å². The third kappa shape index (κ3) is 4.57. The van der Waals surface area contributed by atoms with Crippen molar-refractivity contribution in [1.29, 1.82) is 0 Å². The van der Waals surface area contributed by atoms with Crippen LogP contribution < -0.4 is 4.74 Å². The van der Waals surface area contributed by atoms with Crippen molar-refractivity contribution in [2.75, 3.05) is 46.5 Å². The smallest absolute Gasteiger partial charge is 0.295 e. The lowest BCUT2D eigenvalue weighted by Gasteiger charge is -2.31. The van der Waals surface area contributed by atoms with Crippen molar-refractivity contribution >= 4 is 33.4 Å². The highest BCUT2D eigenvalue weighted by Crippen LogP contribution is 2.40. The van der Waals surface area contributed by atoms with Gasteiger partial charge >= 0.3 is 0 Å². The van der Waals surface area contributed by atoms with E-state index >= 15 is 0 Å². The number of hydrogen-bond donors (Lipinski definition) is 1. The Morgan fingerprint density at radius 3 is 2.59 bits per heavy atom. The Labute approximate surface area is 195 Å². The molecule has 1 amide bonds. The molecular formula is C24H25BrN2O5. The van der Waals surface area contributed by atoms with Crippen molar-refractivity contribution in [3.63, 3.8) is 0 Å². The van der Waals surface area contributed by atoms with Crippen LogP contribution in [0.1, 0.15) is 17.2 Å². The molecule has 0 aliphatic carbocycles. The van der Waals surface area contributed by atoms with E-state index in [2.05, 4.69) is 20.8 Å². The third-order valence-electron chi connectivity index (χ3n) is 5.81. The van der Waals surface area contributed by atoms with Crippen molar-refractivity contribution in [2.45, 2.75) is 6.04 Å². The normalized spacial score (nSPS) is 21.2. The number of aliphatic hydroxyl groups is 1. The third-order valence-corrected chi connectivity index (χ3v) is 6.30. The van der Waals surface area contributed by atoms with Gasteiger partial charge in [-0.05, 0) is 29.8 Å². The van der Waals surface area contributed by atoms with Crippen molar-refractivity contribution in [1.82, 2.24) is 9.80 Å². The molecule has 1 N–H and O–H groups in total. The summed E-state index contributed by atoms with van der Waals surface area (Å²) in [6, 6.07) is 13.6. The lowest BCUT2D eigenvalue weighted by Crippen LogP contribution is -2.42. The summed E-state index contributed by atoms with van der Waals surface area (Å²) < 4.78 is 11.5. The van der Waals surface area contributed by atoms with E-state index in [0.717, 1.165) is 23.1 Å². The highest BCUT2D eigenvalue weighted by Gasteiger charge is 2.46. The van der Waals surface area contributed by atoms with Crippen LogP contribution in [0.15, 0.2) is 58.6 Å². The molecule has 1 atom stereocenters. The van der Waals surface area contributed by atoms with Crippen LogP contribution in [0, 0.1) is 0 Å². The number of halogens is 1. The van der Waals surface area contributed by atoms with Crippen LogP contribution in [-0.4, -0.2) is 73.1 Å². The summed E-state index contributed by atoms with van der Waals surface area (Å²) in [7, 11) is 1.53. The molecule has 32 heavy (non-hydrogen) atoms. The van der Waals surface area contributed by atoms with Gasteiger partial charge in [0.25, 0.3) is 11.7 Å². The number of ether oxygens (including phenoxy) is 2. The first kappa shape index (κ1) is 22.5. The summed E-state index contributed by atoms with van der Waals surface area (Å²) in [5.41, 5.74) is 1.27. The second-order valence-electron chi connectivity index (χ2n) is 7.73.